The number of carbonyl (C=O) groups excluding carboxylic acids is 1. The predicted octanol–water partition coefficient (Wildman–Crippen LogP) is 2.57. The van der Waals surface area contributed by atoms with E-state index in [1.165, 1.54) is 16.3 Å². The first-order chi connectivity index (χ1) is 7.67. The molecule has 2 aromatic rings. The highest BCUT2D eigenvalue weighted by Crippen LogP contribution is 2.33. The number of β-lactam (4-membered cyclic amide) rings is 1. The fourth-order valence-electron chi connectivity index (χ4n) is 2.32. The first-order valence-electron chi connectivity index (χ1n) is 5.48. The lowest BCUT2D eigenvalue weighted by molar-refractivity contribution is -0.132. The van der Waals surface area contributed by atoms with Crippen LogP contribution in [-0.2, 0) is 10.3 Å². The lowest BCUT2D eigenvalue weighted by Gasteiger charge is -2.39. The molecule has 1 saturated heterocycles. The van der Waals surface area contributed by atoms with E-state index in [4.69, 9.17) is 0 Å². The number of carbonyl (C=O) groups is 1. The molecule has 1 aliphatic rings. The molecule has 0 bridgehead atoms. The Morgan fingerprint density at radius 2 is 1.81 bits per heavy atom. The van der Waals surface area contributed by atoms with Gasteiger partial charge < -0.3 is 5.32 Å². The number of nitrogens with one attached hydrogen (secondary N) is 1. The number of fused-ring (bicyclic) bond motifs is 1. The second-order valence-electron chi connectivity index (χ2n) is 4.62. The average Bonchev–Trinajstić information content (AvgIpc) is 2.26. The third-order valence-electron chi connectivity index (χ3n) is 3.32. The van der Waals surface area contributed by atoms with Crippen molar-refractivity contribution in [1.82, 2.24) is 5.32 Å². The second-order valence-corrected chi connectivity index (χ2v) is 4.62. The van der Waals surface area contributed by atoms with Crippen LogP contribution in [0.4, 0.5) is 0 Å². The largest absolute Gasteiger partial charge is 0.346 e. The Labute approximate surface area is 94.3 Å². The maximum atomic E-state index is 11.0. The molecule has 80 valence electrons. The van der Waals surface area contributed by atoms with Crippen LogP contribution in [0.25, 0.3) is 10.8 Å². The molecule has 1 N–H and O–H groups in total. The smallest absolute Gasteiger partial charge is 0.223 e. The van der Waals surface area contributed by atoms with Gasteiger partial charge in [-0.3, -0.25) is 4.79 Å². The van der Waals surface area contributed by atoms with Crippen molar-refractivity contribution in [2.24, 2.45) is 0 Å². The quantitative estimate of drug-likeness (QED) is 0.722. The Balaban J connectivity index is 2.09. The molecule has 1 aliphatic heterocycles. The van der Waals surface area contributed by atoms with E-state index >= 15 is 0 Å². The van der Waals surface area contributed by atoms with Gasteiger partial charge in [0.15, 0.2) is 0 Å². The summed E-state index contributed by atoms with van der Waals surface area (Å²) in [5, 5.41) is 5.42. The topological polar surface area (TPSA) is 29.1 Å². The molecule has 0 spiro atoms. The standard InChI is InChI=1S/C14H13NO/c1-14(9-13(16)15-14)12-7-6-10-4-2-3-5-11(10)8-12/h2-8H,9H2,1H3,(H,15,16). The Bertz CT molecular complexity index is 566. The van der Waals surface area contributed by atoms with Crippen LogP contribution in [-0.4, -0.2) is 5.91 Å². The monoisotopic (exact) mass is 211 g/mol. The molecular weight excluding hydrogens is 198 g/mol. The van der Waals surface area contributed by atoms with Crippen molar-refractivity contribution in [3.63, 3.8) is 0 Å². The Morgan fingerprint density at radius 1 is 1.12 bits per heavy atom. The summed E-state index contributed by atoms with van der Waals surface area (Å²) in [6.45, 7) is 2.07. The molecule has 0 aromatic heterocycles. The van der Waals surface area contributed by atoms with E-state index in [9.17, 15) is 4.79 Å². The Morgan fingerprint density at radius 3 is 2.50 bits per heavy atom. The van der Waals surface area contributed by atoms with Crippen molar-refractivity contribution < 1.29 is 4.79 Å². The van der Waals surface area contributed by atoms with E-state index in [2.05, 4.69) is 42.6 Å². The van der Waals surface area contributed by atoms with Gasteiger partial charge in [-0.05, 0) is 29.3 Å². The molecular formula is C14H13NO. The fourth-order valence-corrected chi connectivity index (χ4v) is 2.32. The minimum atomic E-state index is -0.166. The van der Waals surface area contributed by atoms with Gasteiger partial charge in [0.1, 0.15) is 0 Å². The predicted molar refractivity (Wildman–Crippen MR) is 64.1 cm³/mol. The van der Waals surface area contributed by atoms with Gasteiger partial charge in [0.2, 0.25) is 5.91 Å². The normalized spacial score (nSPS) is 23.9. The third kappa shape index (κ3) is 1.30. The van der Waals surface area contributed by atoms with E-state index in [0.717, 1.165) is 0 Å². The summed E-state index contributed by atoms with van der Waals surface area (Å²) in [7, 11) is 0. The number of rotatable bonds is 1. The van der Waals surface area contributed by atoms with Gasteiger partial charge in [0.05, 0.1) is 12.0 Å². The number of amides is 1. The van der Waals surface area contributed by atoms with Crippen molar-refractivity contribution in [2.75, 3.05) is 0 Å². The van der Waals surface area contributed by atoms with Crippen LogP contribution in [0.5, 0.6) is 0 Å². The zero-order valence-electron chi connectivity index (χ0n) is 9.16. The van der Waals surface area contributed by atoms with E-state index in [1.54, 1.807) is 0 Å². The lowest BCUT2D eigenvalue weighted by atomic mass is 9.81. The van der Waals surface area contributed by atoms with Crippen molar-refractivity contribution >= 4 is 16.7 Å². The van der Waals surface area contributed by atoms with Crippen LogP contribution < -0.4 is 5.32 Å². The number of hydrogen-bond donors (Lipinski definition) is 1. The Hall–Kier alpha value is -1.83. The summed E-state index contributed by atoms with van der Waals surface area (Å²) in [5.41, 5.74) is 1.02. The zero-order valence-corrected chi connectivity index (χ0v) is 9.16. The molecule has 1 unspecified atom stereocenters. The SMILES string of the molecule is CC1(c2ccc3ccccc3c2)CC(=O)N1. The zero-order chi connectivity index (χ0) is 11.2. The first kappa shape index (κ1) is 9.40. The molecule has 16 heavy (non-hydrogen) atoms. The van der Waals surface area contributed by atoms with Crippen LogP contribution in [0.1, 0.15) is 18.9 Å². The third-order valence-corrected chi connectivity index (χ3v) is 3.32. The van der Waals surface area contributed by atoms with Crippen molar-refractivity contribution in [3.05, 3.63) is 48.0 Å². The van der Waals surface area contributed by atoms with Crippen molar-refractivity contribution in [3.8, 4) is 0 Å². The molecule has 0 radical (unpaired) electrons. The van der Waals surface area contributed by atoms with Gasteiger partial charge in [-0.2, -0.15) is 0 Å². The van der Waals surface area contributed by atoms with Crippen LogP contribution in [0.15, 0.2) is 42.5 Å². The minimum absolute atomic E-state index is 0.135. The molecule has 2 aromatic carbocycles. The summed E-state index contributed by atoms with van der Waals surface area (Å²) in [4.78, 5) is 11.0. The van der Waals surface area contributed by atoms with Crippen LogP contribution in [0.2, 0.25) is 0 Å². The van der Waals surface area contributed by atoms with Crippen molar-refractivity contribution in [2.45, 2.75) is 18.9 Å². The average molecular weight is 211 g/mol. The fraction of sp³-hybridized carbons (Fsp3) is 0.214. The number of hydrogen-bond acceptors (Lipinski definition) is 1. The van der Waals surface area contributed by atoms with Gasteiger partial charge >= 0.3 is 0 Å². The highest BCUT2D eigenvalue weighted by molar-refractivity contribution is 5.87. The molecule has 1 atom stereocenters. The summed E-state index contributed by atoms with van der Waals surface area (Å²) >= 11 is 0. The van der Waals surface area contributed by atoms with Crippen LogP contribution in [0.3, 0.4) is 0 Å². The van der Waals surface area contributed by atoms with E-state index in [0.29, 0.717) is 6.42 Å². The maximum Gasteiger partial charge on any atom is 0.223 e. The molecule has 1 amide bonds. The summed E-state index contributed by atoms with van der Waals surface area (Å²) in [6, 6.07) is 14.6. The molecule has 1 heterocycles. The van der Waals surface area contributed by atoms with Crippen LogP contribution >= 0.6 is 0 Å². The molecule has 1 fully saturated rings. The van der Waals surface area contributed by atoms with Crippen LogP contribution in [0, 0.1) is 0 Å². The minimum Gasteiger partial charge on any atom is -0.346 e. The van der Waals surface area contributed by atoms with Gasteiger partial charge in [-0.25, -0.2) is 0 Å². The Kier molecular flexibility index (Phi) is 1.81. The second kappa shape index (κ2) is 3.08. The van der Waals surface area contributed by atoms with E-state index in [-0.39, 0.29) is 11.4 Å². The van der Waals surface area contributed by atoms with Crippen molar-refractivity contribution in [1.29, 1.82) is 0 Å². The van der Waals surface area contributed by atoms with Gasteiger partial charge in [-0.1, -0.05) is 36.4 Å². The van der Waals surface area contributed by atoms with Gasteiger partial charge in [-0.15, -0.1) is 0 Å². The van der Waals surface area contributed by atoms with Gasteiger partial charge in [0, 0.05) is 0 Å². The first-order valence-corrected chi connectivity index (χ1v) is 5.48. The molecule has 3 rings (SSSR count). The molecule has 2 nitrogen and oxygen atoms in total. The highest BCUT2D eigenvalue weighted by atomic mass is 16.2. The molecule has 0 aliphatic carbocycles. The lowest BCUT2D eigenvalue weighted by Crippen LogP contribution is -2.56. The highest BCUT2D eigenvalue weighted by Gasteiger charge is 2.39. The molecule has 0 saturated carbocycles. The molecule has 2 heteroatoms. The summed E-state index contributed by atoms with van der Waals surface area (Å²) in [6.07, 6.45) is 0.589. The number of benzene rings is 2. The van der Waals surface area contributed by atoms with Gasteiger partial charge in [0.25, 0.3) is 0 Å². The summed E-state index contributed by atoms with van der Waals surface area (Å²) in [5.74, 6) is 0.135. The van der Waals surface area contributed by atoms with E-state index in [1.807, 2.05) is 12.1 Å². The summed E-state index contributed by atoms with van der Waals surface area (Å²) < 4.78 is 0. The maximum absolute atomic E-state index is 11.0. The van der Waals surface area contributed by atoms with E-state index < -0.39 is 0 Å².